The molecule has 1 aliphatic rings. The van der Waals surface area contributed by atoms with Gasteiger partial charge in [-0.3, -0.25) is 14.5 Å². The number of thiocarbonyl (C=S) groups is 1. The second kappa shape index (κ2) is 8.47. The second-order valence-corrected chi connectivity index (χ2v) is 7.27. The van der Waals surface area contributed by atoms with Crippen LogP contribution in [0.4, 0.5) is 0 Å². The predicted octanol–water partition coefficient (Wildman–Crippen LogP) is 3.59. The average Bonchev–Trinajstić information content (AvgIpc) is 2.76. The molecule has 1 fully saturated rings. The van der Waals surface area contributed by atoms with Gasteiger partial charge in [0.25, 0.3) is 5.91 Å². The number of thioether (sulfide) groups is 1. The van der Waals surface area contributed by atoms with Gasteiger partial charge in [-0.25, -0.2) is 0 Å². The molecule has 1 aromatic rings. The number of amides is 2. The molecule has 1 saturated heterocycles. The Balaban J connectivity index is 1.91. The van der Waals surface area contributed by atoms with Crippen molar-refractivity contribution in [3.8, 4) is 0 Å². The minimum absolute atomic E-state index is 0.0650. The lowest BCUT2D eigenvalue weighted by molar-refractivity contribution is -0.122. The monoisotopic (exact) mass is 368 g/mol. The third-order valence-electron chi connectivity index (χ3n) is 3.35. The highest BCUT2D eigenvalue weighted by Crippen LogP contribution is 2.32. The van der Waals surface area contributed by atoms with Crippen LogP contribution < -0.4 is 5.73 Å². The molecule has 0 aliphatic carbocycles. The quantitative estimate of drug-likeness (QED) is 0.454. The normalized spacial score (nSPS) is 16.4. The fourth-order valence-electron chi connectivity index (χ4n) is 2.15. The molecule has 0 atom stereocenters. The highest BCUT2D eigenvalue weighted by atomic mass is 35.5. The first-order valence-corrected chi connectivity index (χ1v) is 8.87. The number of carbonyl (C=O) groups is 2. The van der Waals surface area contributed by atoms with Crippen LogP contribution in [0, 0.1) is 0 Å². The van der Waals surface area contributed by atoms with E-state index in [0.29, 0.717) is 27.2 Å². The van der Waals surface area contributed by atoms with Crippen LogP contribution in [0.3, 0.4) is 0 Å². The number of hydrogen-bond acceptors (Lipinski definition) is 4. The van der Waals surface area contributed by atoms with E-state index < -0.39 is 0 Å². The van der Waals surface area contributed by atoms with Crippen LogP contribution in [-0.4, -0.2) is 27.6 Å². The molecule has 23 heavy (non-hydrogen) atoms. The second-order valence-electron chi connectivity index (χ2n) is 5.16. The maximum Gasteiger partial charge on any atom is 0.266 e. The van der Waals surface area contributed by atoms with E-state index in [4.69, 9.17) is 29.6 Å². The molecule has 122 valence electrons. The third-order valence-corrected chi connectivity index (χ3v) is 4.98. The van der Waals surface area contributed by atoms with E-state index in [1.165, 1.54) is 11.8 Å². The number of hydrogen-bond donors (Lipinski definition) is 1. The Morgan fingerprint density at radius 2 is 1.96 bits per heavy atom. The first-order chi connectivity index (χ1) is 11.0. The largest absolute Gasteiger partial charge is 0.370 e. The van der Waals surface area contributed by atoms with Gasteiger partial charge in [-0.15, -0.1) is 0 Å². The lowest BCUT2D eigenvalue weighted by Gasteiger charge is -2.13. The SMILES string of the molecule is NC(=O)CCCCCN1C(=O)C(=Cc2ccc(Cl)cc2)SC1=S. The highest BCUT2D eigenvalue weighted by Gasteiger charge is 2.31. The molecule has 2 N–H and O–H groups in total. The van der Waals surface area contributed by atoms with Gasteiger partial charge in [0.15, 0.2) is 0 Å². The van der Waals surface area contributed by atoms with Crippen LogP contribution in [0.5, 0.6) is 0 Å². The van der Waals surface area contributed by atoms with Crippen molar-refractivity contribution in [2.24, 2.45) is 5.73 Å². The fourth-order valence-corrected chi connectivity index (χ4v) is 3.58. The van der Waals surface area contributed by atoms with E-state index in [9.17, 15) is 9.59 Å². The van der Waals surface area contributed by atoms with Gasteiger partial charge in [-0.05, 0) is 36.6 Å². The Kier molecular flexibility index (Phi) is 6.62. The van der Waals surface area contributed by atoms with Crippen LogP contribution in [0.25, 0.3) is 6.08 Å². The van der Waals surface area contributed by atoms with Crippen molar-refractivity contribution >= 4 is 57.8 Å². The van der Waals surface area contributed by atoms with Gasteiger partial charge in [-0.2, -0.15) is 0 Å². The van der Waals surface area contributed by atoms with Gasteiger partial charge in [0, 0.05) is 18.0 Å². The van der Waals surface area contributed by atoms with E-state index in [2.05, 4.69) is 0 Å². The molecule has 2 amide bonds. The number of unbranched alkanes of at least 4 members (excludes halogenated alkanes) is 2. The van der Waals surface area contributed by atoms with E-state index in [1.807, 2.05) is 18.2 Å². The standard InChI is InChI=1S/C16H17ClN2O2S2/c17-12-7-5-11(6-8-12)10-13-15(21)19(16(22)23-13)9-3-1-2-4-14(18)20/h5-8,10H,1-4,9H2,(H2,18,20). The summed E-state index contributed by atoms with van der Waals surface area (Å²) in [6.45, 7) is 0.571. The van der Waals surface area contributed by atoms with Crippen molar-refractivity contribution in [1.29, 1.82) is 0 Å². The van der Waals surface area contributed by atoms with Crippen LogP contribution in [0.1, 0.15) is 31.2 Å². The summed E-state index contributed by atoms with van der Waals surface area (Å²) in [5.74, 6) is -0.355. The zero-order chi connectivity index (χ0) is 16.8. The number of nitrogens with zero attached hydrogens (tertiary/aromatic N) is 1. The predicted molar refractivity (Wildman–Crippen MR) is 99.0 cm³/mol. The summed E-state index contributed by atoms with van der Waals surface area (Å²) in [6, 6.07) is 7.29. The summed E-state index contributed by atoms with van der Waals surface area (Å²) >= 11 is 12.4. The number of nitrogens with two attached hydrogens (primary N) is 1. The van der Waals surface area contributed by atoms with Gasteiger partial charge in [0.2, 0.25) is 5.91 Å². The van der Waals surface area contributed by atoms with Crippen molar-refractivity contribution in [1.82, 2.24) is 4.90 Å². The lowest BCUT2D eigenvalue weighted by atomic mass is 10.2. The Morgan fingerprint density at radius 1 is 1.26 bits per heavy atom. The molecular weight excluding hydrogens is 352 g/mol. The van der Waals surface area contributed by atoms with E-state index in [0.717, 1.165) is 24.8 Å². The molecule has 0 aromatic heterocycles. The topological polar surface area (TPSA) is 63.4 Å². The maximum absolute atomic E-state index is 12.4. The summed E-state index contributed by atoms with van der Waals surface area (Å²) in [5, 5.41) is 0.658. The van der Waals surface area contributed by atoms with Crippen molar-refractivity contribution in [3.63, 3.8) is 0 Å². The molecule has 7 heteroatoms. The summed E-state index contributed by atoms with van der Waals surface area (Å²) < 4.78 is 0.574. The zero-order valence-electron chi connectivity index (χ0n) is 12.5. The summed E-state index contributed by atoms with van der Waals surface area (Å²) in [7, 11) is 0. The summed E-state index contributed by atoms with van der Waals surface area (Å²) in [5.41, 5.74) is 6.01. The smallest absolute Gasteiger partial charge is 0.266 e. The maximum atomic E-state index is 12.4. The van der Waals surface area contributed by atoms with Crippen molar-refractivity contribution in [2.75, 3.05) is 6.54 Å². The Hall–Kier alpha value is -1.37. The minimum atomic E-state index is -0.290. The molecule has 1 heterocycles. The fraction of sp³-hybridized carbons (Fsp3) is 0.312. The Bertz CT molecular complexity index is 644. The molecule has 0 spiro atoms. The van der Waals surface area contributed by atoms with Crippen molar-refractivity contribution in [3.05, 3.63) is 39.8 Å². The van der Waals surface area contributed by atoms with Gasteiger partial charge >= 0.3 is 0 Å². The van der Waals surface area contributed by atoms with Gasteiger partial charge in [-0.1, -0.05) is 54.1 Å². The first-order valence-electron chi connectivity index (χ1n) is 7.26. The summed E-state index contributed by atoms with van der Waals surface area (Å²) in [6.07, 6.45) is 4.59. The number of benzene rings is 1. The average molecular weight is 369 g/mol. The number of rotatable bonds is 7. The zero-order valence-corrected chi connectivity index (χ0v) is 14.8. The Labute approximate surface area is 150 Å². The van der Waals surface area contributed by atoms with Crippen LogP contribution in [0.15, 0.2) is 29.2 Å². The lowest BCUT2D eigenvalue weighted by Crippen LogP contribution is -2.29. The molecule has 1 aliphatic heterocycles. The van der Waals surface area contributed by atoms with Gasteiger partial charge < -0.3 is 5.73 Å². The number of primary amides is 1. The van der Waals surface area contributed by atoms with Crippen molar-refractivity contribution < 1.29 is 9.59 Å². The third kappa shape index (κ3) is 5.34. The molecule has 1 aromatic carbocycles. The molecule has 2 rings (SSSR count). The summed E-state index contributed by atoms with van der Waals surface area (Å²) in [4.78, 5) is 25.3. The minimum Gasteiger partial charge on any atom is -0.370 e. The van der Waals surface area contributed by atoms with E-state index in [-0.39, 0.29) is 11.8 Å². The molecule has 0 saturated carbocycles. The first kappa shape index (κ1) is 18.0. The highest BCUT2D eigenvalue weighted by molar-refractivity contribution is 8.26. The molecular formula is C16H17ClN2O2S2. The molecule has 4 nitrogen and oxygen atoms in total. The molecule has 0 unspecified atom stereocenters. The molecule has 0 bridgehead atoms. The molecule has 0 radical (unpaired) electrons. The van der Waals surface area contributed by atoms with Gasteiger partial charge in [0.1, 0.15) is 4.32 Å². The Morgan fingerprint density at radius 3 is 2.61 bits per heavy atom. The van der Waals surface area contributed by atoms with Crippen LogP contribution in [0.2, 0.25) is 5.02 Å². The van der Waals surface area contributed by atoms with Crippen LogP contribution >= 0.6 is 35.6 Å². The van der Waals surface area contributed by atoms with Gasteiger partial charge in [0.05, 0.1) is 4.91 Å². The van der Waals surface area contributed by atoms with Crippen LogP contribution in [-0.2, 0) is 9.59 Å². The van der Waals surface area contributed by atoms with E-state index >= 15 is 0 Å². The van der Waals surface area contributed by atoms with Crippen molar-refractivity contribution in [2.45, 2.75) is 25.7 Å². The number of halogens is 1. The number of carbonyl (C=O) groups excluding carboxylic acids is 2. The van der Waals surface area contributed by atoms with E-state index in [1.54, 1.807) is 17.0 Å².